The van der Waals surface area contributed by atoms with Crippen LogP contribution in [-0.4, -0.2) is 6.86 Å². The van der Waals surface area contributed by atoms with Crippen molar-refractivity contribution in [3.8, 4) is 5.75 Å². The molecule has 0 aliphatic heterocycles. The van der Waals surface area contributed by atoms with Gasteiger partial charge in [-0.3, -0.25) is 0 Å². The summed E-state index contributed by atoms with van der Waals surface area (Å²) in [7, 11) is 0. The van der Waals surface area contributed by atoms with E-state index in [-0.39, 0.29) is 5.75 Å². The standard InChI is InChI=1S/C8H7Cl2FO/c1-5-2-3-6(9)8(7(5)10)12-4-11/h2-3H,4H2,1H3. The summed E-state index contributed by atoms with van der Waals surface area (Å²) in [5, 5.41) is 0.684. The maximum absolute atomic E-state index is 11.8. The third-order valence-corrected chi connectivity index (χ3v) is 2.21. The Balaban J connectivity index is 3.14. The fraction of sp³-hybridized carbons (Fsp3) is 0.250. The second-order valence-corrected chi connectivity index (χ2v) is 3.05. The lowest BCUT2D eigenvalue weighted by Crippen LogP contribution is -1.92. The summed E-state index contributed by atoms with van der Waals surface area (Å²) >= 11 is 11.5. The van der Waals surface area contributed by atoms with Crippen molar-refractivity contribution in [2.45, 2.75) is 6.92 Å². The molecule has 0 aliphatic carbocycles. The zero-order chi connectivity index (χ0) is 9.14. The Labute approximate surface area is 80.0 Å². The molecule has 0 unspecified atom stereocenters. The summed E-state index contributed by atoms with van der Waals surface area (Å²) in [5.41, 5.74) is 0.810. The van der Waals surface area contributed by atoms with Crippen LogP contribution in [0.2, 0.25) is 10.0 Å². The second-order valence-electron chi connectivity index (χ2n) is 2.26. The van der Waals surface area contributed by atoms with Crippen LogP contribution < -0.4 is 4.74 Å². The lowest BCUT2D eigenvalue weighted by atomic mass is 10.2. The summed E-state index contributed by atoms with van der Waals surface area (Å²) in [6.07, 6.45) is 0. The van der Waals surface area contributed by atoms with E-state index in [1.54, 1.807) is 19.1 Å². The van der Waals surface area contributed by atoms with Crippen LogP contribution in [0.5, 0.6) is 5.75 Å². The normalized spacial score (nSPS) is 10.0. The largest absolute Gasteiger partial charge is 0.460 e. The van der Waals surface area contributed by atoms with E-state index in [0.717, 1.165) is 5.56 Å². The summed E-state index contributed by atoms with van der Waals surface area (Å²) in [5.74, 6) is 0.209. The fourth-order valence-electron chi connectivity index (χ4n) is 0.818. The van der Waals surface area contributed by atoms with Gasteiger partial charge in [-0.25, -0.2) is 4.39 Å². The molecule has 0 heterocycles. The molecule has 0 radical (unpaired) electrons. The Morgan fingerprint density at radius 3 is 2.67 bits per heavy atom. The average Bonchev–Trinajstić information content (AvgIpc) is 2.06. The molecule has 0 atom stereocenters. The van der Waals surface area contributed by atoms with E-state index >= 15 is 0 Å². The van der Waals surface area contributed by atoms with Crippen molar-refractivity contribution >= 4 is 23.2 Å². The van der Waals surface area contributed by atoms with E-state index in [2.05, 4.69) is 4.74 Å². The van der Waals surface area contributed by atoms with Crippen LogP contribution in [0.3, 0.4) is 0 Å². The van der Waals surface area contributed by atoms with E-state index in [0.29, 0.717) is 10.0 Å². The molecule has 0 amide bonds. The van der Waals surface area contributed by atoms with Gasteiger partial charge < -0.3 is 4.74 Å². The van der Waals surface area contributed by atoms with Crippen LogP contribution >= 0.6 is 23.2 Å². The van der Waals surface area contributed by atoms with Gasteiger partial charge in [-0.2, -0.15) is 0 Å². The topological polar surface area (TPSA) is 9.23 Å². The Hall–Kier alpha value is -0.470. The first-order valence-electron chi connectivity index (χ1n) is 3.30. The molecule has 0 fully saturated rings. The van der Waals surface area contributed by atoms with Gasteiger partial charge in [-0.15, -0.1) is 0 Å². The van der Waals surface area contributed by atoms with E-state index in [9.17, 15) is 4.39 Å². The number of aryl methyl sites for hydroxylation is 1. The summed E-state index contributed by atoms with van der Waals surface area (Å²) in [6, 6.07) is 3.36. The molecule has 1 nitrogen and oxygen atoms in total. The van der Waals surface area contributed by atoms with Gasteiger partial charge in [0.05, 0.1) is 10.0 Å². The number of hydrogen-bond acceptors (Lipinski definition) is 1. The van der Waals surface area contributed by atoms with Crippen molar-refractivity contribution in [1.82, 2.24) is 0 Å². The molecule has 12 heavy (non-hydrogen) atoms. The molecule has 0 aromatic heterocycles. The van der Waals surface area contributed by atoms with Gasteiger partial charge >= 0.3 is 0 Å². The van der Waals surface area contributed by atoms with Gasteiger partial charge in [-0.05, 0) is 18.6 Å². The number of benzene rings is 1. The summed E-state index contributed by atoms with van der Waals surface area (Å²) < 4.78 is 16.4. The predicted molar refractivity (Wildman–Crippen MR) is 47.8 cm³/mol. The predicted octanol–water partition coefficient (Wildman–Crippen LogP) is 3.61. The van der Waals surface area contributed by atoms with Crippen LogP contribution in [0.4, 0.5) is 4.39 Å². The van der Waals surface area contributed by atoms with Crippen molar-refractivity contribution in [2.24, 2.45) is 0 Å². The molecule has 0 spiro atoms. The monoisotopic (exact) mass is 208 g/mol. The first-order chi connectivity index (χ1) is 5.66. The third-order valence-electron chi connectivity index (χ3n) is 1.44. The SMILES string of the molecule is Cc1ccc(Cl)c(OCF)c1Cl. The lowest BCUT2D eigenvalue weighted by Gasteiger charge is -2.07. The van der Waals surface area contributed by atoms with E-state index in [1.807, 2.05) is 0 Å². The molecule has 0 saturated heterocycles. The highest BCUT2D eigenvalue weighted by Gasteiger charge is 2.08. The zero-order valence-corrected chi connectivity index (χ0v) is 7.92. The van der Waals surface area contributed by atoms with Crippen molar-refractivity contribution in [3.05, 3.63) is 27.7 Å². The average molecular weight is 209 g/mol. The highest BCUT2D eigenvalue weighted by Crippen LogP contribution is 2.34. The smallest absolute Gasteiger partial charge is 0.228 e. The molecule has 0 saturated carbocycles. The first-order valence-corrected chi connectivity index (χ1v) is 4.05. The Bertz CT molecular complexity index is 289. The molecule has 4 heteroatoms. The zero-order valence-electron chi connectivity index (χ0n) is 6.40. The van der Waals surface area contributed by atoms with E-state index in [4.69, 9.17) is 23.2 Å². The minimum Gasteiger partial charge on any atom is -0.460 e. The van der Waals surface area contributed by atoms with Crippen molar-refractivity contribution in [3.63, 3.8) is 0 Å². The summed E-state index contributed by atoms with van der Waals surface area (Å²) in [6.45, 7) is 0.868. The molecular formula is C8H7Cl2FO. The molecule has 1 aromatic rings. The highest BCUT2D eigenvalue weighted by molar-refractivity contribution is 6.37. The Morgan fingerprint density at radius 1 is 1.42 bits per heavy atom. The fourth-order valence-corrected chi connectivity index (χ4v) is 1.30. The number of rotatable bonds is 2. The maximum atomic E-state index is 11.8. The number of hydrogen-bond donors (Lipinski definition) is 0. The molecule has 0 aliphatic rings. The number of halogens is 3. The van der Waals surface area contributed by atoms with Gasteiger partial charge in [0.1, 0.15) is 0 Å². The highest BCUT2D eigenvalue weighted by atomic mass is 35.5. The second kappa shape index (κ2) is 3.97. The number of alkyl halides is 1. The van der Waals surface area contributed by atoms with E-state index in [1.165, 1.54) is 0 Å². The minimum atomic E-state index is -0.928. The minimum absolute atomic E-state index is 0.209. The molecule has 66 valence electrons. The maximum Gasteiger partial charge on any atom is 0.228 e. The Morgan fingerprint density at radius 2 is 2.08 bits per heavy atom. The molecule has 0 bridgehead atoms. The summed E-state index contributed by atoms with van der Waals surface area (Å²) in [4.78, 5) is 0. The van der Waals surface area contributed by atoms with Gasteiger partial charge in [0.15, 0.2) is 5.75 Å². The van der Waals surface area contributed by atoms with Gasteiger partial charge in [0, 0.05) is 0 Å². The molecule has 1 rings (SSSR count). The van der Waals surface area contributed by atoms with Crippen molar-refractivity contribution in [2.75, 3.05) is 6.86 Å². The molecular weight excluding hydrogens is 202 g/mol. The van der Waals surface area contributed by atoms with Gasteiger partial charge in [-0.1, -0.05) is 29.3 Å². The van der Waals surface area contributed by atoms with E-state index < -0.39 is 6.86 Å². The molecule has 0 N–H and O–H groups in total. The first kappa shape index (κ1) is 9.62. The third kappa shape index (κ3) is 1.82. The van der Waals surface area contributed by atoms with Crippen LogP contribution in [0.15, 0.2) is 12.1 Å². The van der Waals surface area contributed by atoms with Crippen LogP contribution in [0.25, 0.3) is 0 Å². The Kier molecular flexibility index (Phi) is 3.18. The lowest BCUT2D eigenvalue weighted by molar-refractivity contribution is 0.192. The van der Waals surface area contributed by atoms with Crippen LogP contribution in [0, 0.1) is 6.92 Å². The molecule has 1 aromatic carbocycles. The van der Waals surface area contributed by atoms with Gasteiger partial charge in [0.2, 0.25) is 6.86 Å². The van der Waals surface area contributed by atoms with Crippen LogP contribution in [0.1, 0.15) is 5.56 Å². The van der Waals surface area contributed by atoms with Crippen molar-refractivity contribution < 1.29 is 9.13 Å². The van der Waals surface area contributed by atoms with Gasteiger partial charge in [0.25, 0.3) is 0 Å². The van der Waals surface area contributed by atoms with Crippen molar-refractivity contribution in [1.29, 1.82) is 0 Å². The number of ether oxygens (including phenoxy) is 1. The quantitative estimate of drug-likeness (QED) is 0.722. The van der Waals surface area contributed by atoms with Crippen LogP contribution in [-0.2, 0) is 0 Å².